The lowest BCUT2D eigenvalue weighted by molar-refractivity contribution is 0.0565. The molecule has 31 heavy (non-hydrogen) atoms. The van der Waals surface area contributed by atoms with Gasteiger partial charge < -0.3 is 19.9 Å². The van der Waals surface area contributed by atoms with Crippen molar-refractivity contribution in [3.05, 3.63) is 62.8 Å². The van der Waals surface area contributed by atoms with Gasteiger partial charge in [-0.05, 0) is 26.2 Å². The minimum atomic E-state index is -1.18. The Kier molecular flexibility index (Phi) is 5.24. The first-order chi connectivity index (χ1) is 14.7. The van der Waals surface area contributed by atoms with Gasteiger partial charge in [0, 0.05) is 43.0 Å². The summed E-state index contributed by atoms with van der Waals surface area (Å²) in [5, 5.41) is 12.7. The third-order valence-electron chi connectivity index (χ3n) is 6.00. The number of carbonyl (C=O) groups excluding carboxylic acids is 2. The molecule has 0 aliphatic carbocycles. The van der Waals surface area contributed by atoms with Crippen molar-refractivity contribution in [3.8, 4) is 5.75 Å². The third-order valence-corrected chi connectivity index (χ3v) is 6.00. The molecule has 0 spiro atoms. The van der Waals surface area contributed by atoms with Gasteiger partial charge in [-0.15, -0.1) is 0 Å². The zero-order valence-electron chi connectivity index (χ0n) is 16.6. The van der Waals surface area contributed by atoms with Crippen LogP contribution in [0.1, 0.15) is 58.6 Å². The predicted octanol–water partition coefficient (Wildman–Crippen LogP) is 2.47. The molecular weight excluding hydrogens is 415 g/mol. The molecule has 3 heterocycles. The Morgan fingerprint density at radius 2 is 1.87 bits per heavy atom. The van der Waals surface area contributed by atoms with E-state index < -0.39 is 58.1 Å². The van der Waals surface area contributed by atoms with Gasteiger partial charge in [-0.25, -0.2) is 13.2 Å². The van der Waals surface area contributed by atoms with Crippen LogP contribution in [0.3, 0.4) is 0 Å². The Morgan fingerprint density at radius 3 is 2.55 bits per heavy atom. The van der Waals surface area contributed by atoms with Crippen LogP contribution in [0, 0.1) is 17.5 Å². The van der Waals surface area contributed by atoms with E-state index in [0.717, 1.165) is 12.8 Å². The summed E-state index contributed by atoms with van der Waals surface area (Å²) in [6.07, 6.45) is 3.52. The molecule has 4 rings (SSSR count). The van der Waals surface area contributed by atoms with Gasteiger partial charge in [0.1, 0.15) is 23.0 Å². The van der Waals surface area contributed by atoms with Gasteiger partial charge in [-0.1, -0.05) is 0 Å². The number of rotatable bonds is 3. The number of amides is 2. The van der Waals surface area contributed by atoms with Crippen LogP contribution in [0.5, 0.6) is 5.75 Å². The molecule has 0 radical (unpaired) electrons. The first kappa shape index (κ1) is 21.0. The number of aromatic nitrogens is 1. The molecule has 1 aromatic carbocycles. The van der Waals surface area contributed by atoms with Gasteiger partial charge in [0.15, 0.2) is 11.4 Å². The number of hydrogen-bond acceptors (Lipinski definition) is 4. The molecule has 2 aliphatic heterocycles. The van der Waals surface area contributed by atoms with E-state index in [2.05, 4.69) is 5.32 Å². The van der Waals surface area contributed by atoms with E-state index in [4.69, 9.17) is 0 Å². The zero-order valence-corrected chi connectivity index (χ0v) is 16.6. The topological polar surface area (TPSA) is 91.6 Å². The lowest BCUT2D eigenvalue weighted by Crippen LogP contribution is -2.49. The number of fused-ring (bicyclic) bond motifs is 4. The summed E-state index contributed by atoms with van der Waals surface area (Å²) in [5.41, 5.74) is -2.24. The highest BCUT2D eigenvalue weighted by molar-refractivity contribution is 5.99. The molecule has 7 nitrogen and oxygen atoms in total. The highest BCUT2D eigenvalue weighted by Crippen LogP contribution is 2.36. The number of pyridine rings is 1. The summed E-state index contributed by atoms with van der Waals surface area (Å²) in [6.45, 7) is 1.75. The van der Waals surface area contributed by atoms with Gasteiger partial charge >= 0.3 is 0 Å². The number of aromatic hydroxyl groups is 1. The number of benzene rings is 1. The second-order valence-corrected chi connectivity index (χ2v) is 7.81. The molecule has 2 amide bonds. The summed E-state index contributed by atoms with van der Waals surface area (Å²) in [7, 11) is 0. The van der Waals surface area contributed by atoms with Crippen LogP contribution >= 0.6 is 0 Å². The molecule has 2 aromatic rings. The van der Waals surface area contributed by atoms with E-state index in [1.165, 1.54) is 10.8 Å². The molecule has 2 N–H and O–H groups in total. The Labute approximate surface area is 175 Å². The largest absolute Gasteiger partial charge is 0.503 e. The average molecular weight is 435 g/mol. The molecule has 164 valence electrons. The summed E-state index contributed by atoms with van der Waals surface area (Å²) < 4.78 is 42.1. The summed E-state index contributed by atoms with van der Waals surface area (Å²) in [4.78, 5) is 39.7. The normalized spacial score (nSPS) is 20.3. The number of nitrogens with zero attached hydrogens (tertiary/aromatic N) is 2. The van der Waals surface area contributed by atoms with Crippen molar-refractivity contribution < 1.29 is 27.9 Å². The maximum atomic E-state index is 13.8. The van der Waals surface area contributed by atoms with Crippen molar-refractivity contribution in [2.75, 3.05) is 6.54 Å². The Hall–Kier alpha value is -3.30. The molecular formula is C21H20F3N3O4. The molecule has 2 atom stereocenters. The SMILES string of the molecule is C[C@H]1[C@@H]2CCCCN1C(=O)c1c(O)c(=O)c(C(=O)NCc3c(F)cc(F)cc3F)cn12. The van der Waals surface area contributed by atoms with Gasteiger partial charge in [0.2, 0.25) is 5.43 Å². The molecule has 0 unspecified atom stereocenters. The van der Waals surface area contributed by atoms with Gasteiger partial charge in [-0.3, -0.25) is 14.4 Å². The summed E-state index contributed by atoms with van der Waals surface area (Å²) >= 11 is 0. The molecule has 10 heteroatoms. The van der Waals surface area contributed by atoms with E-state index in [9.17, 15) is 32.7 Å². The number of carbonyl (C=O) groups is 2. The van der Waals surface area contributed by atoms with E-state index >= 15 is 0 Å². The zero-order chi connectivity index (χ0) is 22.4. The fourth-order valence-electron chi connectivity index (χ4n) is 4.34. The van der Waals surface area contributed by atoms with Crippen molar-refractivity contribution in [1.29, 1.82) is 0 Å². The highest BCUT2D eigenvalue weighted by Gasteiger charge is 2.40. The van der Waals surface area contributed by atoms with Crippen molar-refractivity contribution in [2.45, 2.75) is 44.8 Å². The average Bonchev–Trinajstić information content (AvgIpc) is 2.85. The predicted molar refractivity (Wildman–Crippen MR) is 103 cm³/mol. The van der Waals surface area contributed by atoms with Crippen molar-refractivity contribution >= 4 is 11.8 Å². The standard InChI is InChI=1S/C21H20F3N3O4/c1-10-16-4-2-3-5-26(10)21(31)17-19(29)18(28)13(9-27(16)17)20(30)25-8-12-14(23)6-11(22)7-15(12)24/h6-7,9-10,16,29H,2-5,8H2,1H3,(H,25,30)/t10-,16-/m0/s1. The van der Waals surface area contributed by atoms with Crippen LogP contribution in [-0.4, -0.2) is 39.0 Å². The maximum Gasteiger partial charge on any atom is 0.274 e. The highest BCUT2D eigenvalue weighted by atomic mass is 19.1. The fraction of sp³-hybridized carbons (Fsp3) is 0.381. The monoisotopic (exact) mass is 435 g/mol. The maximum absolute atomic E-state index is 13.8. The number of nitrogens with one attached hydrogen (secondary N) is 1. The minimum Gasteiger partial charge on any atom is -0.503 e. The van der Waals surface area contributed by atoms with Gasteiger partial charge in [0.05, 0.1) is 6.04 Å². The van der Waals surface area contributed by atoms with Crippen LogP contribution in [-0.2, 0) is 6.54 Å². The minimum absolute atomic E-state index is 0.165. The molecule has 0 saturated carbocycles. The lowest BCUT2D eigenvalue weighted by Gasteiger charge is -2.40. The summed E-state index contributed by atoms with van der Waals surface area (Å²) in [6, 6.07) is 0.534. The van der Waals surface area contributed by atoms with Crippen LogP contribution in [0.15, 0.2) is 23.1 Å². The van der Waals surface area contributed by atoms with Crippen LogP contribution in [0.2, 0.25) is 0 Å². The fourth-order valence-corrected chi connectivity index (χ4v) is 4.34. The quantitative estimate of drug-likeness (QED) is 0.775. The van der Waals surface area contributed by atoms with E-state index in [-0.39, 0.29) is 17.8 Å². The summed E-state index contributed by atoms with van der Waals surface area (Å²) in [5.74, 6) is -5.75. The lowest BCUT2D eigenvalue weighted by atomic mass is 9.99. The molecule has 1 fully saturated rings. The van der Waals surface area contributed by atoms with Crippen molar-refractivity contribution in [1.82, 2.24) is 14.8 Å². The van der Waals surface area contributed by atoms with Crippen LogP contribution in [0.25, 0.3) is 0 Å². The van der Waals surface area contributed by atoms with E-state index in [0.29, 0.717) is 25.1 Å². The molecule has 2 bridgehead atoms. The van der Waals surface area contributed by atoms with Crippen LogP contribution in [0.4, 0.5) is 13.2 Å². The van der Waals surface area contributed by atoms with Crippen molar-refractivity contribution in [2.24, 2.45) is 0 Å². The van der Waals surface area contributed by atoms with E-state index in [1.54, 1.807) is 4.90 Å². The Morgan fingerprint density at radius 1 is 1.19 bits per heavy atom. The first-order valence-electron chi connectivity index (χ1n) is 9.91. The Balaban J connectivity index is 1.69. The molecule has 1 saturated heterocycles. The van der Waals surface area contributed by atoms with Crippen LogP contribution < -0.4 is 10.7 Å². The smallest absolute Gasteiger partial charge is 0.274 e. The van der Waals surface area contributed by atoms with E-state index in [1.807, 2.05) is 6.92 Å². The third kappa shape index (κ3) is 3.45. The van der Waals surface area contributed by atoms with Gasteiger partial charge in [-0.2, -0.15) is 0 Å². The van der Waals surface area contributed by atoms with Gasteiger partial charge in [0.25, 0.3) is 11.8 Å². The molecule has 1 aromatic heterocycles. The molecule has 2 aliphatic rings. The number of hydrogen-bond donors (Lipinski definition) is 2. The first-order valence-corrected chi connectivity index (χ1v) is 9.91. The second-order valence-electron chi connectivity index (χ2n) is 7.81. The number of halogens is 3. The second kappa shape index (κ2) is 7.75. The van der Waals surface area contributed by atoms with Crippen molar-refractivity contribution in [3.63, 3.8) is 0 Å². The Bertz CT molecular complexity index is 1120.